The first-order chi connectivity index (χ1) is 17.5. The average Bonchev–Trinajstić information content (AvgIpc) is 3.69. The predicted molar refractivity (Wildman–Crippen MR) is 139 cm³/mol. The van der Waals surface area contributed by atoms with E-state index in [0.717, 1.165) is 36.7 Å². The minimum atomic E-state index is -0.236. The minimum absolute atomic E-state index is 0.0223. The third-order valence-electron chi connectivity index (χ3n) is 9.16. The van der Waals surface area contributed by atoms with E-state index in [2.05, 4.69) is 23.6 Å². The number of hydrogen-bond donors (Lipinski definition) is 1. The van der Waals surface area contributed by atoms with Gasteiger partial charge in [-0.3, -0.25) is 9.59 Å². The normalized spacial score (nSPS) is 26.1. The van der Waals surface area contributed by atoms with Gasteiger partial charge in [0.15, 0.2) is 5.82 Å². The largest absolute Gasteiger partial charge is 0.393 e. The van der Waals surface area contributed by atoms with Crippen LogP contribution in [0.15, 0.2) is 12.1 Å². The van der Waals surface area contributed by atoms with E-state index in [0.29, 0.717) is 37.3 Å². The molecule has 194 valence electrons. The van der Waals surface area contributed by atoms with Crippen LogP contribution in [-0.4, -0.2) is 68.1 Å². The van der Waals surface area contributed by atoms with Crippen LogP contribution in [0.3, 0.4) is 0 Å². The monoisotopic (exact) mass is 492 g/mol. The van der Waals surface area contributed by atoms with Gasteiger partial charge in [-0.15, -0.1) is 0 Å². The van der Waals surface area contributed by atoms with Crippen molar-refractivity contribution < 1.29 is 14.7 Å². The summed E-state index contributed by atoms with van der Waals surface area (Å²) in [5.74, 6) is 1.57. The molecule has 1 aromatic heterocycles. The number of amides is 2. The first kappa shape index (κ1) is 24.0. The number of benzene rings is 1. The molecule has 1 saturated heterocycles. The summed E-state index contributed by atoms with van der Waals surface area (Å²) in [6.07, 6.45) is 11.8. The lowest BCUT2D eigenvalue weighted by atomic mass is 9.82. The fraction of sp³-hybridized carbons (Fsp3) is 0.690. The van der Waals surface area contributed by atoms with Crippen molar-refractivity contribution in [2.75, 3.05) is 19.6 Å². The summed E-state index contributed by atoms with van der Waals surface area (Å²) in [7, 11) is 0. The second-order valence-corrected chi connectivity index (χ2v) is 11.5. The number of piperazine rings is 1. The number of nitrogens with zero attached hydrogens (tertiary/aromatic N) is 4. The fourth-order valence-electron chi connectivity index (χ4n) is 6.89. The Morgan fingerprint density at radius 2 is 1.72 bits per heavy atom. The van der Waals surface area contributed by atoms with E-state index in [4.69, 9.17) is 4.98 Å². The molecule has 1 aliphatic heterocycles. The maximum absolute atomic E-state index is 13.8. The first-order valence-electron chi connectivity index (χ1n) is 14.3. The summed E-state index contributed by atoms with van der Waals surface area (Å²) in [4.78, 5) is 35.5. The smallest absolute Gasteiger partial charge is 0.290 e. The van der Waals surface area contributed by atoms with Gasteiger partial charge in [-0.2, -0.15) is 0 Å². The van der Waals surface area contributed by atoms with Crippen LogP contribution in [0.1, 0.15) is 111 Å². The van der Waals surface area contributed by atoms with Crippen molar-refractivity contribution in [1.82, 2.24) is 19.4 Å². The number of aromatic nitrogens is 2. The van der Waals surface area contributed by atoms with E-state index < -0.39 is 0 Å². The van der Waals surface area contributed by atoms with Crippen LogP contribution in [0.5, 0.6) is 0 Å². The molecule has 3 saturated carbocycles. The maximum Gasteiger partial charge on any atom is 0.290 e. The van der Waals surface area contributed by atoms with Gasteiger partial charge in [0.05, 0.1) is 17.1 Å². The molecule has 36 heavy (non-hydrogen) atoms. The molecule has 0 unspecified atom stereocenters. The van der Waals surface area contributed by atoms with Gasteiger partial charge in [-0.05, 0) is 87.3 Å². The Kier molecular flexibility index (Phi) is 6.53. The molecule has 2 heterocycles. The zero-order chi connectivity index (χ0) is 24.8. The van der Waals surface area contributed by atoms with Crippen LogP contribution in [0.25, 0.3) is 11.0 Å². The number of rotatable bonds is 5. The molecule has 1 aromatic carbocycles. The highest BCUT2D eigenvalue weighted by Crippen LogP contribution is 2.44. The van der Waals surface area contributed by atoms with Crippen LogP contribution >= 0.6 is 0 Å². The SMILES string of the molecule is CCn1c(C(=O)N2CCN([C@H]3CC[C@H](O)CC3)C(=O)C2)nc2c(C3CCCCC3)cc(C3CC3)cc21. The molecule has 3 aliphatic carbocycles. The molecule has 2 amide bonds. The van der Waals surface area contributed by atoms with Crippen molar-refractivity contribution in [3.63, 3.8) is 0 Å². The first-order valence-corrected chi connectivity index (χ1v) is 14.3. The van der Waals surface area contributed by atoms with Crippen molar-refractivity contribution in [1.29, 1.82) is 0 Å². The van der Waals surface area contributed by atoms with Gasteiger partial charge in [0.2, 0.25) is 5.91 Å². The second kappa shape index (κ2) is 9.81. The third kappa shape index (κ3) is 4.44. The van der Waals surface area contributed by atoms with Gasteiger partial charge in [-0.25, -0.2) is 4.98 Å². The molecule has 2 aromatic rings. The maximum atomic E-state index is 13.8. The van der Waals surface area contributed by atoms with Crippen molar-refractivity contribution in [2.24, 2.45) is 0 Å². The zero-order valence-electron chi connectivity index (χ0n) is 21.6. The predicted octanol–water partition coefficient (Wildman–Crippen LogP) is 4.57. The molecule has 0 spiro atoms. The van der Waals surface area contributed by atoms with E-state index in [1.54, 1.807) is 4.90 Å². The molecular formula is C29H40N4O3. The Balaban J connectivity index is 1.28. The molecule has 4 fully saturated rings. The van der Waals surface area contributed by atoms with Crippen molar-refractivity contribution in [2.45, 2.75) is 108 Å². The highest BCUT2D eigenvalue weighted by atomic mass is 16.3. The topological polar surface area (TPSA) is 78.7 Å². The standard InChI is InChI=1S/C29H40N4O3/c1-2-32-25-17-21(19-8-9-19)16-24(20-6-4-3-5-7-20)27(25)30-28(32)29(36)31-14-15-33(26(35)18-31)22-10-12-23(34)13-11-22/h16-17,19-20,22-23,34H,2-15,18H2,1H3/t22-,23-. The Morgan fingerprint density at radius 3 is 2.39 bits per heavy atom. The average molecular weight is 493 g/mol. The fourth-order valence-corrected chi connectivity index (χ4v) is 6.89. The Hall–Kier alpha value is -2.41. The van der Waals surface area contributed by atoms with Crippen LogP contribution in [0.4, 0.5) is 0 Å². The van der Waals surface area contributed by atoms with Crippen molar-refractivity contribution in [3.8, 4) is 0 Å². The molecule has 7 heteroatoms. The van der Waals surface area contributed by atoms with E-state index in [1.165, 1.54) is 56.1 Å². The van der Waals surface area contributed by atoms with Gasteiger partial charge in [0.25, 0.3) is 5.91 Å². The Labute approximate surface area is 213 Å². The van der Waals surface area contributed by atoms with Crippen molar-refractivity contribution in [3.05, 3.63) is 29.1 Å². The van der Waals surface area contributed by atoms with E-state index >= 15 is 0 Å². The molecule has 4 aliphatic rings. The van der Waals surface area contributed by atoms with Gasteiger partial charge in [-0.1, -0.05) is 25.3 Å². The number of carbonyl (C=O) groups excluding carboxylic acids is 2. The number of aliphatic hydroxyl groups excluding tert-OH is 1. The number of aryl methyl sites for hydroxylation is 1. The van der Waals surface area contributed by atoms with E-state index in [-0.39, 0.29) is 30.5 Å². The highest BCUT2D eigenvalue weighted by Gasteiger charge is 2.36. The van der Waals surface area contributed by atoms with Crippen LogP contribution in [-0.2, 0) is 11.3 Å². The number of imidazole rings is 1. The van der Waals surface area contributed by atoms with E-state index in [9.17, 15) is 14.7 Å². The lowest BCUT2D eigenvalue weighted by molar-refractivity contribution is -0.138. The summed E-state index contributed by atoms with van der Waals surface area (Å²) in [5.41, 5.74) is 4.85. The van der Waals surface area contributed by atoms with Gasteiger partial charge < -0.3 is 19.5 Å². The third-order valence-corrected chi connectivity index (χ3v) is 9.16. The summed E-state index contributed by atoms with van der Waals surface area (Å²) in [6, 6.07) is 4.88. The number of aliphatic hydroxyl groups is 1. The molecular weight excluding hydrogens is 452 g/mol. The molecule has 7 nitrogen and oxygen atoms in total. The van der Waals surface area contributed by atoms with Gasteiger partial charge in [0.1, 0.15) is 6.54 Å². The quantitative estimate of drug-likeness (QED) is 0.663. The number of hydrogen-bond acceptors (Lipinski definition) is 4. The van der Waals surface area contributed by atoms with Crippen LogP contribution in [0, 0.1) is 0 Å². The summed E-state index contributed by atoms with van der Waals surface area (Å²) in [5, 5.41) is 9.83. The lowest BCUT2D eigenvalue weighted by Gasteiger charge is -2.41. The van der Waals surface area contributed by atoms with Gasteiger partial charge in [0, 0.05) is 25.7 Å². The zero-order valence-corrected chi connectivity index (χ0v) is 21.6. The number of fused-ring (bicyclic) bond motifs is 1. The van der Waals surface area contributed by atoms with Crippen LogP contribution in [0.2, 0.25) is 0 Å². The molecule has 1 N–H and O–H groups in total. The molecule has 6 rings (SSSR count). The summed E-state index contributed by atoms with van der Waals surface area (Å²) >= 11 is 0. The molecule has 0 bridgehead atoms. The minimum Gasteiger partial charge on any atom is -0.393 e. The summed E-state index contributed by atoms with van der Waals surface area (Å²) < 4.78 is 2.09. The van der Waals surface area contributed by atoms with Gasteiger partial charge >= 0.3 is 0 Å². The second-order valence-electron chi connectivity index (χ2n) is 11.5. The van der Waals surface area contributed by atoms with E-state index in [1.807, 2.05) is 4.90 Å². The highest BCUT2D eigenvalue weighted by molar-refractivity contribution is 5.98. The lowest BCUT2D eigenvalue weighted by Crippen LogP contribution is -2.56. The van der Waals surface area contributed by atoms with Crippen molar-refractivity contribution >= 4 is 22.8 Å². The summed E-state index contributed by atoms with van der Waals surface area (Å²) in [6.45, 7) is 4.00. The molecule has 0 atom stereocenters. The Bertz CT molecular complexity index is 1140. The Morgan fingerprint density at radius 1 is 0.972 bits per heavy atom. The number of carbonyl (C=O) groups is 2. The molecule has 0 radical (unpaired) electrons. The van der Waals surface area contributed by atoms with Crippen LogP contribution < -0.4 is 0 Å².